The summed E-state index contributed by atoms with van der Waals surface area (Å²) in [6.07, 6.45) is 0. The fourth-order valence-corrected chi connectivity index (χ4v) is 2.20. The standard InChI is InChI=1S/C15H13BrO4/c16-13-7-11(8-17)3-6-14(13)20-9-10-1-4-12(5-2-10)15(18)19/h1-7,17H,8-9H2,(H,18,19)/p-1. The van der Waals surface area contributed by atoms with Crippen LogP contribution in [0, 0.1) is 0 Å². The molecule has 104 valence electrons. The van der Waals surface area contributed by atoms with E-state index in [0.717, 1.165) is 15.6 Å². The predicted molar refractivity (Wildman–Crippen MR) is 75.2 cm³/mol. The van der Waals surface area contributed by atoms with Gasteiger partial charge in [0, 0.05) is 0 Å². The summed E-state index contributed by atoms with van der Waals surface area (Å²) in [5.41, 5.74) is 1.79. The number of carboxylic acid groups (broad SMARTS) is 1. The molecule has 0 aliphatic heterocycles. The molecule has 4 nitrogen and oxygen atoms in total. The Morgan fingerprint density at radius 1 is 1.15 bits per heavy atom. The monoisotopic (exact) mass is 335 g/mol. The van der Waals surface area contributed by atoms with E-state index in [4.69, 9.17) is 9.84 Å². The molecule has 1 N–H and O–H groups in total. The summed E-state index contributed by atoms with van der Waals surface area (Å²) in [6, 6.07) is 11.7. The molecule has 0 unspecified atom stereocenters. The fourth-order valence-electron chi connectivity index (χ4n) is 1.66. The summed E-state index contributed by atoms with van der Waals surface area (Å²) in [6.45, 7) is 0.300. The van der Waals surface area contributed by atoms with Gasteiger partial charge in [0.15, 0.2) is 0 Å². The van der Waals surface area contributed by atoms with E-state index in [1.54, 1.807) is 30.3 Å². The smallest absolute Gasteiger partial charge is 0.134 e. The third-order valence-corrected chi connectivity index (χ3v) is 3.38. The Labute approximate surface area is 124 Å². The quantitative estimate of drug-likeness (QED) is 0.905. The Kier molecular flexibility index (Phi) is 4.76. The van der Waals surface area contributed by atoms with Crippen molar-refractivity contribution >= 4 is 21.9 Å². The van der Waals surface area contributed by atoms with Crippen LogP contribution in [0.1, 0.15) is 21.5 Å². The third-order valence-electron chi connectivity index (χ3n) is 2.76. The molecule has 0 radical (unpaired) electrons. The summed E-state index contributed by atoms with van der Waals surface area (Å²) in [5, 5.41) is 19.6. The number of carbonyl (C=O) groups excluding carboxylic acids is 1. The third kappa shape index (κ3) is 3.59. The molecule has 0 fully saturated rings. The van der Waals surface area contributed by atoms with Gasteiger partial charge < -0.3 is 19.7 Å². The number of ether oxygens (including phenoxy) is 1. The second kappa shape index (κ2) is 6.54. The molecule has 20 heavy (non-hydrogen) atoms. The topological polar surface area (TPSA) is 69.6 Å². The minimum atomic E-state index is -1.19. The predicted octanol–water partition coefficient (Wildman–Crippen LogP) is 1.88. The maximum atomic E-state index is 10.6. The van der Waals surface area contributed by atoms with Crippen molar-refractivity contribution in [1.82, 2.24) is 0 Å². The Morgan fingerprint density at radius 3 is 2.35 bits per heavy atom. The second-order valence-corrected chi connectivity index (χ2v) is 5.05. The molecule has 2 aromatic carbocycles. The Balaban J connectivity index is 2.03. The zero-order valence-corrected chi connectivity index (χ0v) is 12.1. The molecule has 0 bridgehead atoms. The van der Waals surface area contributed by atoms with Gasteiger partial charge in [-0.15, -0.1) is 0 Å². The lowest BCUT2D eigenvalue weighted by Crippen LogP contribution is -2.22. The highest BCUT2D eigenvalue weighted by atomic mass is 79.9. The van der Waals surface area contributed by atoms with E-state index < -0.39 is 5.97 Å². The van der Waals surface area contributed by atoms with Gasteiger partial charge in [-0.3, -0.25) is 0 Å². The molecule has 0 aliphatic carbocycles. The van der Waals surface area contributed by atoms with Crippen molar-refractivity contribution in [3.05, 3.63) is 63.6 Å². The number of carbonyl (C=O) groups is 1. The van der Waals surface area contributed by atoms with Crippen LogP contribution in [0.15, 0.2) is 46.9 Å². The van der Waals surface area contributed by atoms with E-state index in [0.29, 0.717) is 12.4 Å². The number of hydrogen-bond acceptors (Lipinski definition) is 4. The first-order chi connectivity index (χ1) is 9.60. The SMILES string of the molecule is O=C([O-])c1ccc(COc2ccc(CO)cc2Br)cc1. The Hall–Kier alpha value is -1.85. The molecule has 0 heterocycles. The number of aliphatic hydroxyl groups is 1. The van der Waals surface area contributed by atoms with Gasteiger partial charge in [0.05, 0.1) is 17.0 Å². The molecular weight excluding hydrogens is 324 g/mol. The minimum absolute atomic E-state index is 0.0242. The van der Waals surface area contributed by atoms with Gasteiger partial charge in [-0.25, -0.2) is 0 Å². The van der Waals surface area contributed by atoms with Gasteiger partial charge in [-0.2, -0.15) is 0 Å². The molecule has 0 atom stereocenters. The van der Waals surface area contributed by atoms with Crippen LogP contribution in [0.3, 0.4) is 0 Å². The maximum absolute atomic E-state index is 10.6. The molecule has 5 heteroatoms. The number of hydrogen-bond donors (Lipinski definition) is 1. The fraction of sp³-hybridized carbons (Fsp3) is 0.133. The number of aliphatic hydroxyl groups excluding tert-OH is 1. The van der Waals surface area contributed by atoms with Crippen molar-refractivity contribution in [2.45, 2.75) is 13.2 Å². The van der Waals surface area contributed by atoms with Crippen molar-refractivity contribution in [1.29, 1.82) is 0 Å². The molecule has 0 saturated heterocycles. The first kappa shape index (κ1) is 14.6. The molecule has 0 saturated carbocycles. The summed E-state index contributed by atoms with van der Waals surface area (Å²) in [4.78, 5) is 10.6. The molecule has 0 aromatic heterocycles. The van der Waals surface area contributed by atoms with Gasteiger partial charge in [0.25, 0.3) is 0 Å². The van der Waals surface area contributed by atoms with Crippen LogP contribution in [0.2, 0.25) is 0 Å². The van der Waals surface area contributed by atoms with Crippen molar-refractivity contribution in [2.75, 3.05) is 0 Å². The van der Waals surface area contributed by atoms with Crippen LogP contribution in [-0.4, -0.2) is 11.1 Å². The summed E-state index contributed by atoms with van der Waals surface area (Å²) in [7, 11) is 0. The largest absolute Gasteiger partial charge is 0.545 e. The lowest BCUT2D eigenvalue weighted by Gasteiger charge is -2.10. The van der Waals surface area contributed by atoms with E-state index in [-0.39, 0.29) is 12.2 Å². The van der Waals surface area contributed by atoms with Gasteiger partial charge in [0.1, 0.15) is 12.4 Å². The Bertz CT molecular complexity index is 608. The number of benzene rings is 2. The normalized spacial score (nSPS) is 10.3. The summed E-state index contributed by atoms with van der Waals surface area (Å²) >= 11 is 3.37. The van der Waals surface area contributed by atoms with Crippen LogP contribution in [0.5, 0.6) is 5.75 Å². The molecule has 0 amide bonds. The van der Waals surface area contributed by atoms with Crippen molar-refractivity contribution in [2.24, 2.45) is 0 Å². The van der Waals surface area contributed by atoms with Crippen LogP contribution < -0.4 is 9.84 Å². The molecule has 0 aliphatic rings. The van der Waals surface area contributed by atoms with Gasteiger partial charge in [0.2, 0.25) is 0 Å². The van der Waals surface area contributed by atoms with Gasteiger partial charge in [-0.05, 0) is 44.8 Å². The van der Waals surface area contributed by atoms with Crippen molar-refractivity contribution in [3.8, 4) is 5.75 Å². The van der Waals surface area contributed by atoms with Gasteiger partial charge in [-0.1, -0.05) is 30.3 Å². The zero-order valence-electron chi connectivity index (χ0n) is 10.5. The number of aromatic carboxylic acids is 1. The Morgan fingerprint density at radius 2 is 1.80 bits per heavy atom. The average Bonchev–Trinajstić information content (AvgIpc) is 2.46. The first-order valence-corrected chi connectivity index (χ1v) is 6.72. The van der Waals surface area contributed by atoms with Crippen molar-refractivity contribution < 1.29 is 19.7 Å². The van der Waals surface area contributed by atoms with Gasteiger partial charge >= 0.3 is 0 Å². The molecule has 2 rings (SSSR count). The number of rotatable bonds is 5. The van der Waals surface area contributed by atoms with Crippen LogP contribution in [0.25, 0.3) is 0 Å². The second-order valence-electron chi connectivity index (χ2n) is 4.20. The zero-order chi connectivity index (χ0) is 14.5. The summed E-state index contributed by atoms with van der Waals surface area (Å²) in [5.74, 6) is -0.536. The van der Waals surface area contributed by atoms with E-state index >= 15 is 0 Å². The number of carboxylic acids is 1. The first-order valence-electron chi connectivity index (χ1n) is 5.92. The minimum Gasteiger partial charge on any atom is -0.545 e. The lowest BCUT2D eigenvalue weighted by molar-refractivity contribution is -0.255. The van der Waals surface area contributed by atoms with Crippen molar-refractivity contribution in [3.63, 3.8) is 0 Å². The highest BCUT2D eigenvalue weighted by Crippen LogP contribution is 2.26. The molecule has 2 aromatic rings. The van der Waals surface area contributed by atoms with Crippen LogP contribution in [-0.2, 0) is 13.2 Å². The van der Waals surface area contributed by atoms with E-state index in [1.165, 1.54) is 12.1 Å². The maximum Gasteiger partial charge on any atom is 0.134 e. The highest BCUT2D eigenvalue weighted by Gasteiger charge is 2.03. The summed E-state index contributed by atoms with van der Waals surface area (Å²) < 4.78 is 6.39. The van der Waals surface area contributed by atoms with E-state index in [1.807, 2.05) is 0 Å². The average molecular weight is 336 g/mol. The van der Waals surface area contributed by atoms with E-state index in [9.17, 15) is 9.90 Å². The van der Waals surface area contributed by atoms with Crippen LogP contribution in [0.4, 0.5) is 0 Å². The van der Waals surface area contributed by atoms with E-state index in [2.05, 4.69) is 15.9 Å². The molecular formula is C15H12BrO4-. The number of halogens is 1. The lowest BCUT2D eigenvalue weighted by atomic mass is 10.1. The van der Waals surface area contributed by atoms with Crippen LogP contribution >= 0.6 is 15.9 Å². The molecule has 0 spiro atoms. The highest BCUT2D eigenvalue weighted by molar-refractivity contribution is 9.10.